The van der Waals surface area contributed by atoms with Gasteiger partial charge in [0, 0.05) is 19.0 Å². The van der Waals surface area contributed by atoms with Gasteiger partial charge in [-0.05, 0) is 44.1 Å². The Morgan fingerprint density at radius 2 is 2.06 bits per heavy atom. The molecular weight excluding hydrogens is 212 g/mol. The third-order valence-electron chi connectivity index (χ3n) is 3.37. The van der Waals surface area contributed by atoms with Crippen LogP contribution in [0.15, 0.2) is 0 Å². The van der Waals surface area contributed by atoms with E-state index in [1.165, 1.54) is 12.8 Å². The number of carbonyl (C=O) groups excluding carboxylic acids is 1. The normalized spacial score (nSPS) is 17.2. The Hall–Kier alpha value is -0.570. The van der Waals surface area contributed by atoms with Crippen molar-refractivity contribution in [2.75, 3.05) is 13.1 Å². The number of carbonyl (C=O) groups is 1. The predicted molar refractivity (Wildman–Crippen MR) is 71.6 cm³/mol. The second-order valence-corrected chi connectivity index (χ2v) is 5.75. The van der Waals surface area contributed by atoms with Crippen LogP contribution in [0.5, 0.6) is 0 Å². The van der Waals surface area contributed by atoms with Gasteiger partial charge in [0.2, 0.25) is 5.91 Å². The molecular formula is C14H28N2O. The predicted octanol–water partition coefficient (Wildman–Crippen LogP) is 2.40. The summed E-state index contributed by atoms with van der Waals surface area (Å²) in [5.41, 5.74) is 5.76. The van der Waals surface area contributed by atoms with Crippen LogP contribution in [0.2, 0.25) is 0 Å². The maximum Gasteiger partial charge on any atom is 0.223 e. The van der Waals surface area contributed by atoms with Crippen molar-refractivity contribution in [1.82, 2.24) is 4.90 Å². The minimum atomic E-state index is 0.324. The second kappa shape index (κ2) is 7.00. The zero-order valence-corrected chi connectivity index (χ0v) is 11.6. The van der Waals surface area contributed by atoms with Crippen molar-refractivity contribution in [3.63, 3.8) is 0 Å². The molecule has 2 N–H and O–H groups in total. The first-order chi connectivity index (χ1) is 8.08. The SMILES string of the molecule is CCCN(C(=O)CC(CN)CC(C)C)C1CC1. The van der Waals surface area contributed by atoms with Crippen molar-refractivity contribution in [3.8, 4) is 0 Å². The third-order valence-corrected chi connectivity index (χ3v) is 3.37. The average Bonchev–Trinajstić information content (AvgIpc) is 3.07. The summed E-state index contributed by atoms with van der Waals surface area (Å²) in [6, 6.07) is 0.542. The van der Waals surface area contributed by atoms with Gasteiger partial charge in [-0.2, -0.15) is 0 Å². The summed E-state index contributed by atoms with van der Waals surface area (Å²) in [7, 11) is 0. The second-order valence-electron chi connectivity index (χ2n) is 5.75. The first-order valence-corrected chi connectivity index (χ1v) is 7.08. The lowest BCUT2D eigenvalue weighted by Gasteiger charge is -2.25. The maximum atomic E-state index is 12.2. The lowest BCUT2D eigenvalue weighted by atomic mass is 9.93. The molecule has 0 aromatic rings. The Balaban J connectivity index is 2.43. The van der Waals surface area contributed by atoms with Crippen molar-refractivity contribution in [2.45, 2.75) is 58.9 Å². The minimum Gasteiger partial charge on any atom is -0.340 e. The number of hydrogen-bond donors (Lipinski definition) is 1. The largest absolute Gasteiger partial charge is 0.340 e. The quantitative estimate of drug-likeness (QED) is 0.708. The van der Waals surface area contributed by atoms with Gasteiger partial charge in [0.1, 0.15) is 0 Å². The molecule has 0 aliphatic heterocycles. The lowest BCUT2D eigenvalue weighted by Crippen LogP contribution is -2.36. The zero-order valence-electron chi connectivity index (χ0n) is 11.6. The molecule has 3 nitrogen and oxygen atoms in total. The summed E-state index contributed by atoms with van der Waals surface area (Å²) in [6.45, 7) is 8.07. The van der Waals surface area contributed by atoms with Crippen LogP contribution in [0.25, 0.3) is 0 Å². The van der Waals surface area contributed by atoms with E-state index in [-0.39, 0.29) is 0 Å². The third kappa shape index (κ3) is 5.07. The molecule has 17 heavy (non-hydrogen) atoms. The fourth-order valence-corrected chi connectivity index (χ4v) is 2.43. The van der Waals surface area contributed by atoms with E-state index >= 15 is 0 Å². The molecule has 1 atom stereocenters. The van der Waals surface area contributed by atoms with Gasteiger partial charge in [0.25, 0.3) is 0 Å². The van der Waals surface area contributed by atoms with Gasteiger partial charge in [-0.25, -0.2) is 0 Å². The van der Waals surface area contributed by atoms with Crippen molar-refractivity contribution >= 4 is 5.91 Å². The monoisotopic (exact) mass is 240 g/mol. The summed E-state index contributed by atoms with van der Waals surface area (Å²) in [6.07, 6.45) is 5.16. The van der Waals surface area contributed by atoms with E-state index in [9.17, 15) is 4.79 Å². The van der Waals surface area contributed by atoms with Gasteiger partial charge in [-0.1, -0.05) is 20.8 Å². The van der Waals surface area contributed by atoms with Gasteiger partial charge in [-0.15, -0.1) is 0 Å². The Kier molecular flexibility index (Phi) is 5.96. The van der Waals surface area contributed by atoms with E-state index in [2.05, 4.69) is 25.7 Å². The fraction of sp³-hybridized carbons (Fsp3) is 0.929. The number of rotatable bonds is 8. The van der Waals surface area contributed by atoms with Crippen LogP contribution in [0.4, 0.5) is 0 Å². The van der Waals surface area contributed by atoms with E-state index in [0.717, 1.165) is 19.4 Å². The molecule has 0 spiro atoms. The van der Waals surface area contributed by atoms with Crippen LogP contribution in [0, 0.1) is 11.8 Å². The fourth-order valence-electron chi connectivity index (χ4n) is 2.43. The summed E-state index contributed by atoms with van der Waals surface area (Å²) < 4.78 is 0. The van der Waals surface area contributed by atoms with E-state index in [0.29, 0.717) is 36.8 Å². The molecule has 1 rings (SSSR count). The lowest BCUT2D eigenvalue weighted by molar-refractivity contribution is -0.132. The molecule has 0 heterocycles. The van der Waals surface area contributed by atoms with Crippen molar-refractivity contribution in [2.24, 2.45) is 17.6 Å². The van der Waals surface area contributed by atoms with E-state index in [1.54, 1.807) is 0 Å². The molecule has 1 saturated carbocycles. The van der Waals surface area contributed by atoms with Gasteiger partial charge < -0.3 is 10.6 Å². The smallest absolute Gasteiger partial charge is 0.223 e. The number of nitrogens with two attached hydrogens (primary N) is 1. The molecule has 1 unspecified atom stereocenters. The molecule has 3 heteroatoms. The molecule has 0 saturated heterocycles. The van der Waals surface area contributed by atoms with Crippen molar-refractivity contribution in [1.29, 1.82) is 0 Å². The van der Waals surface area contributed by atoms with Crippen LogP contribution in [0.1, 0.15) is 52.9 Å². The molecule has 0 bridgehead atoms. The highest BCUT2D eigenvalue weighted by Crippen LogP contribution is 2.28. The molecule has 0 radical (unpaired) electrons. The number of amides is 1. The highest BCUT2D eigenvalue weighted by atomic mass is 16.2. The maximum absolute atomic E-state index is 12.2. The minimum absolute atomic E-state index is 0.324. The van der Waals surface area contributed by atoms with E-state index < -0.39 is 0 Å². The van der Waals surface area contributed by atoms with Gasteiger partial charge >= 0.3 is 0 Å². The first-order valence-electron chi connectivity index (χ1n) is 7.08. The molecule has 1 aliphatic carbocycles. The van der Waals surface area contributed by atoms with Crippen LogP contribution >= 0.6 is 0 Å². The van der Waals surface area contributed by atoms with Crippen LogP contribution in [-0.2, 0) is 4.79 Å². The van der Waals surface area contributed by atoms with Gasteiger partial charge in [0.05, 0.1) is 0 Å². The highest BCUT2D eigenvalue weighted by molar-refractivity contribution is 5.77. The standard InChI is InChI=1S/C14H28N2O/c1-4-7-16(13-5-6-13)14(17)9-12(10-15)8-11(2)3/h11-13H,4-10,15H2,1-3H3. The van der Waals surface area contributed by atoms with Gasteiger partial charge in [-0.3, -0.25) is 4.79 Å². The van der Waals surface area contributed by atoms with Crippen molar-refractivity contribution < 1.29 is 4.79 Å². The zero-order chi connectivity index (χ0) is 12.8. The number of nitrogens with zero attached hydrogens (tertiary/aromatic N) is 1. The summed E-state index contributed by atoms with van der Waals surface area (Å²) in [5.74, 6) is 1.31. The average molecular weight is 240 g/mol. The summed E-state index contributed by atoms with van der Waals surface area (Å²) in [4.78, 5) is 14.3. The Morgan fingerprint density at radius 1 is 1.41 bits per heavy atom. The molecule has 0 aromatic heterocycles. The molecule has 1 amide bonds. The van der Waals surface area contributed by atoms with E-state index in [4.69, 9.17) is 5.73 Å². The molecule has 1 fully saturated rings. The highest BCUT2D eigenvalue weighted by Gasteiger charge is 2.32. The first kappa shape index (κ1) is 14.5. The van der Waals surface area contributed by atoms with Crippen molar-refractivity contribution in [3.05, 3.63) is 0 Å². The Morgan fingerprint density at radius 3 is 2.47 bits per heavy atom. The Labute approximate surface area is 106 Å². The van der Waals surface area contributed by atoms with E-state index in [1.807, 2.05) is 0 Å². The summed E-state index contributed by atoms with van der Waals surface area (Å²) in [5, 5.41) is 0. The molecule has 100 valence electrons. The van der Waals surface area contributed by atoms with Crippen LogP contribution in [-0.4, -0.2) is 29.9 Å². The Bertz CT molecular complexity index is 236. The van der Waals surface area contributed by atoms with Crippen LogP contribution < -0.4 is 5.73 Å². The topological polar surface area (TPSA) is 46.3 Å². The summed E-state index contributed by atoms with van der Waals surface area (Å²) >= 11 is 0. The molecule has 1 aliphatic rings. The number of hydrogen-bond acceptors (Lipinski definition) is 2. The van der Waals surface area contributed by atoms with Gasteiger partial charge in [0.15, 0.2) is 0 Å². The van der Waals surface area contributed by atoms with Crippen LogP contribution in [0.3, 0.4) is 0 Å². The molecule has 0 aromatic carbocycles.